The fourth-order valence-corrected chi connectivity index (χ4v) is 2.72. The van der Waals surface area contributed by atoms with Gasteiger partial charge in [-0.25, -0.2) is 0 Å². The standard InChI is InChI=1S/C17H26N4/c1-5-16(6-2)21-8-7-15(20-21)10-17(18-4)14-9-13(3)11-19-12-14/h7-9,11-12,16-18H,5-6,10H2,1-4H3. The maximum atomic E-state index is 4.74. The molecule has 21 heavy (non-hydrogen) atoms. The van der Waals surface area contributed by atoms with Gasteiger partial charge in [0, 0.05) is 31.1 Å². The van der Waals surface area contributed by atoms with Crippen LogP contribution in [0.25, 0.3) is 0 Å². The summed E-state index contributed by atoms with van der Waals surface area (Å²) < 4.78 is 2.11. The topological polar surface area (TPSA) is 42.7 Å². The van der Waals surface area contributed by atoms with Crippen LogP contribution in [0, 0.1) is 6.92 Å². The first-order chi connectivity index (χ1) is 10.2. The summed E-state index contributed by atoms with van der Waals surface area (Å²) in [5.41, 5.74) is 3.53. The molecule has 0 radical (unpaired) electrons. The van der Waals surface area contributed by atoms with Crippen molar-refractivity contribution in [3.05, 3.63) is 47.5 Å². The predicted molar refractivity (Wildman–Crippen MR) is 86.3 cm³/mol. The third-order valence-electron chi connectivity index (χ3n) is 4.04. The monoisotopic (exact) mass is 286 g/mol. The van der Waals surface area contributed by atoms with E-state index in [2.05, 4.69) is 54.1 Å². The Bertz CT molecular complexity index is 557. The van der Waals surface area contributed by atoms with E-state index in [1.165, 1.54) is 11.1 Å². The first kappa shape index (κ1) is 15.7. The summed E-state index contributed by atoms with van der Waals surface area (Å²) >= 11 is 0. The summed E-state index contributed by atoms with van der Waals surface area (Å²) in [5, 5.41) is 8.12. The van der Waals surface area contributed by atoms with E-state index in [1.807, 2.05) is 19.4 Å². The van der Waals surface area contributed by atoms with Crippen LogP contribution >= 0.6 is 0 Å². The molecule has 114 valence electrons. The predicted octanol–water partition coefficient (Wildman–Crippen LogP) is 3.45. The Hall–Kier alpha value is -1.68. The van der Waals surface area contributed by atoms with Crippen molar-refractivity contribution >= 4 is 0 Å². The molecule has 0 saturated heterocycles. The molecule has 0 bridgehead atoms. The summed E-state index contributed by atoms with van der Waals surface area (Å²) in [7, 11) is 1.99. The first-order valence-electron chi connectivity index (χ1n) is 7.80. The second-order valence-corrected chi connectivity index (χ2v) is 5.60. The highest BCUT2D eigenvalue weighted by Gasteiger charge is 2.14. The van der Waals surface area contributed by atoms with Gasteiger partial charge in [0.25, 0.3) is 0 Å². The Morgan fingerprint density at radius 2 is 2.00 bits per heavy atom. The summed E-state index contributed by atoms with van der Waals surface area (Å²) in [5.74, 6) is 0. The van der Waals surface area contributed by atoms with Crippen LogP contribution in [0.1, 0.15) is 55.6 Å². The molecule has 2 heterocycles. The SMILES string of the molecule is CCC(CC)n1ccc(CC(NC)c2cncc(C)c2)n1. The Labute approximate surface area is 127 Å². The number of aromatic nitrogens is 3. The van der Waals surface area contributed by atoms with Crippen LogP contribution in [-0.2, 0) is 6.42 Å². The summed E-state index contributed by atoms with van der Waals surface area (Å²) in [6, 6.07) is 5.08. The van der Waals surface area contributed by atoms with Gasteiger partial charge in [0.15, 0.2) is 0 Å². The van der Waals surface area contributed by atoms with Crippen LogP contribution < -0.4 is 5.32 Å². The van der Waals surface area contributed by atoms with Crippen LogP contribution in [0.5, 0.6) is 0 Å². The van der Waals surface area contributed by atoms with Gasteiger partial charge in [-0.3, -0.25) is 9.67 Å². The van der Waals surface area contributed by atoms with Gasteiger partial charge in [-0.05, 0) is 44.0 Å². The van der Waals surface area contributed by atoms with Crippen LogP contribution in [0.15, 0.2) is 30.7 Å². The van der Waals surface area contributed by atoms with E-state index in [1.54, 1.807) is 0 Å². The normalized spacial score (nSPS) is 12.8. The Morgan fingerprint density at radius 3 is 2.62 bits per heavy atom. The van der Waals surface area contributed by atoms with Crippen molar-refractivity contribution in [2.24, 2.45) is 0 Å². The minimum absolute atomic E-state index is 0.252. The number of pyridine rings is 1. The molecule has 0 aliphatic rings. The molecule has 1 atom stereocenters. The quantitative estimate of drug-likeness (QED) is 0.847. The first-order valence-corrected chi connectivity index (χ1v) is 7.80. The fraction of sp³-hybridized carbons (Fsp3) is 0.529. The van der Waals surface area contributed by atoms with Gasteiger partial charge in [-0.2, -0.15) is 5.10 Å². The van der Waals surface area contributed by atoms with E-state index in [0.29, 0.717) is 6.04 Å². The minimum atomic E-state index is 0.252. The zero-order valence-corrected chi connectivity index (χ0v) is 13.5. The largest absolute Gasteiger partial charge is 0.313 e. The third kappa shape index (κ3) is 3.91. The van der Waals surface area contributed by atoms with Gasteiger partial charge in [-0.15, -0.1) is 0 Å². The second-order valence-electron chi connectivity index (χ2n) is 5.60. The van der Waals surface area contributed by atoms with E-state index in [9.17, 15) is 0 Å². The Morgan fingerprint density at radius 1 is 1.24 bits per heavy atom. The molecular weight excluding hydrogens is 260 g/mol. The van der Waals surface area contributed by atoms with E-state index in [0.717, 1.165) is 25.0 Å². The molecule has 0 spiro atoms. The lowest BCUT2D eigenvalue weighted by atomic mass is 10.0. The van der Waals surface area contributed by atoms with E-state index in [4.69, 9.17) is 5.10 Å². The molecule has 0 aromatic carbocycles. The average Bonchev–Trinajstić information content (AvgIpc) is 2.94. The molecule has 0 fully saturated rings. The second kappa shape index (κ2) is 7.36. The maximum Gasteiger partial charge on any atom is 0.0643 e. The van der Waals surface area contributed by atoms with Crippen molar-refractivity contribution in [2.75, 3.05) is 7.05 Å². The van der Waals surface area contributed by atoms with Crippen molar-refractivity contribution < 1.29 is 0 Å². The minimum Gasteiger partial charge on any atom is -0.313 e. The van der Waals surface area contributed by atoms with E-state index in [-0.39, 0.29) is 6.04 Å². The lowest BCUT2D eigenvalue weighted by Crippen LogP contribution is -2.19. The molecule has 0 aliphatic carbocycles. The Balaban J connectivity index is 2.12. The third-order valence-corrected chi connectivity index (χ3v) is 4.04. The lowest BCUT2D eigenvalue weighted by Gasteiger charge is -2.16. The number of rotatable bonds is 7. The maximum absolute atomic E-state index is 4.74. The number of aryl methyl sites for hydroxylation is 1. The molecule has 2 aromatic heterocycles. The summed E-state index contributed by atoms with van der Waals surface area (Å²) in [4.78, 5) is 4.29. The number of hydrogen-bond donors (Lipinski definition) is 1. The van der Waals surface area contributed by atoms with Crippen molar-refractivity contribution in [3.8, 4) is 0 Å². The van der Waals surface area contributed by atoms with Gasteiger partial charge in [0.2, 0.25) is 0 Å². The van der Waals surface area contributed by atoms with E-state index < -0.39 is 0 Å². The molecule has 2 aromatic rings. The van der Waals surface area contributed by atoms with Crippen LogP contribution in [-0.4, -0.2) is 21.8 Å². The van der Waals surface area contributed by atoms with Crippen LogP contribution in [0.4, 0.5) is 0 Å². The Kier molecular flexibility index (Phi) is 5.51. The number of likely N-dealkylation sites (N-methyl/N-ethyl adjacent to an activating group) is 1. The van der Waals surface area contributed by atoms with Crippen molar-refractivity contribution in [1.82, 2.24) is 20.1 Å². The smallest absolute Gasteiger partial charge is 0.0643 e. The van der Waals surface area contributed by atoms with Crippen LogP contribution in [0.3, 0.4) is 0 Å². The van der Waals surface area contributed by atoms with E-state index >= 15 is 0 Å². The molecule has 0 saturated carbocycles. The molecule has 4 nitrogen and oxygen atoms in total. The van der Waals surface area contributed by atoms with Gasteiger partial charge >= 0.3 is 0 Å². The highest BCUT2D eigenvalue weighted by atomic mass is 15.3. The lowest BCUT2D eigenvalue weighted by molar-refractivity contribution is 0.423. The molecular formula is C17H26N4. The van der Waals surface area contributed by atoms with Gasteiger partial charge in [0.1, 0.15) is 0 Å². The van der Waals surface area contributed by atoms with Gasteiger partial charge < -0.3 is 5.32 Å². The van der Waals surface area contributed by atoms with Crippen molar-refractivity contribution in [1.29, 1.82) is 0 Å². The van der Waals surface area contributed by atoms with Gasteiger partial charge in [0.05, 0.1) is 11.7 Å². The molecule has 4 heteroatoms. The molecule has 2 rings (SSSR count). The zero-order valence-electron chi connectivity index (χ0n) is 13.5. The zero-order chi connectivity index (χ0) is 15.2. The molecule has 1 N–H and O–H groups in total. The average molecular weight is 286 g/mol. The highest BCUT2D eigenvalue weighted by molar-refractivity contribution is 5.21. The molecule has 0 amide bonds. The van der Waals surface area contributed by atoms with Crippen LogP contribution in [0.2, 0.25) is 0 Å². The molecule has 1 unspecified atom stereocenters. The number of nitrogens with one attached hydrogen (secondary N) is 1. The van der Waals surface area contributed by atoms with Gasteiger partial charge in [-0.1, -0.05) is 19.9 Å². The number of hydrogen-bond acceptors (Lipinski definition) is 3. The summed E-state index contributed by atoms with van der Waals surface area (Å²) in [6.07, 6.45) is 9.05. The molecule has 0 aliphatic heterocycles. The van der Waals surface area contributed by atoms with Crippen molar-refractivity contribution in [3.63, 3.8) is 0 Å². The highest BCUT2D eigenvalue weighted by Crippen LogP contribution is 2.19. The summed E-state index contributed by atoms with van der Waals surface area (Å²) in [6.45, 7) is 6.50. The van der Waals surface area contributed by atoms with Crippen molar-refractivity contribution in [2.45, 2.75) is 52.1 Å². The number of nitrogens with zero attached hydrogens (tertiary/aromatic N) is 3. The fourth-order valence-electron chi connectivity index (χ4n) is 2.72.